The fourth-order valence-corrected chi connectivity index (χ4v) is 2.43. The Labute approximate surface area is 142 Å². The molecular formula is C15H18N2O8. The van der Waals surface area contributed by atoms with Crippen LogP contribution in [0.3, 0.4) is 0 Å². The fraction of sp³-hybridized carbons (Fsp3) is 0.600. The summed E-state index contributed by atoms with van der Waals surface area (Å²) in [5, 5.41) is 0.858. The fourth-order valence-electron chi connectivity index (χ4n) is 2.43. The highest BCUT2D eigenvalue weighted by Gasteiger charge is 2.37. The summed E-state index contributed by atoms with van der Waals surface area (Å²) in [4.78, 5) is 78.9. The molecule has 2 fully saturated rings. The van der Waals surface area contributed by atoms with Gasteiger partial charge < -0.3 is 9.68 Å². The molecule has 2 aliphatic rings. The normalized spacial score (nSPS) is 18.2. The van der Waals surface area contributed by atoms with Gasteiger partial charge in [-0.25, -0.2) is 9.59 Å². The van der Waals surface area contributed by atoms with Crippen molar-refractivity contribution < 1.29 is 38.4 Å². The molecule has 0 aromatic rings. The van der Waals surface area contributed by atoms with Crippen molar-refractivity contribution in [3.63, 3.8) is 0 Å². The topological polar surface area (TPSA) is 127 Å². The van der Waals surface area contributed by atoms with Gasteiger partial charge in [0.15, 0.2) is 0 Å². The Bertz CT molecular complexity index is 568. The van der Waals surface area contributed by atoms with Gasteiger partial charge in [-0.15, -0.1) is 10.1 Å². The van der Waals surface area contributed by atoms with Crippen molar-refractivity contribution in [3.8, 4) is 0 Å². The molecule has 0 N–H and O–H groups in total. The van der Waals surface area contributed by atoms with E-state index in [1.54, 1.807) is 13.8 Å². The van der Waals surface area contributed by atoms with Crippen molar-refractivity contribution in [1.82, 2.24) is 10.1 Å². The van der Waals surface area contributed by atoms with Crippen LogP contribution in [-0.2, 0) is 38.4 Å². The summed E-state index contributed by atoms with van der Waals surface area (Å²) in [7, 11) is 0. The Balaban J connectivity index is 1.85. The van der Waals surface area contributed by atoms with Gasteiger partial charge in [-0.3, -0.25) is 19.2 Å². The van der Waals surface area contributed by atoms with Crippen molar-refractivity contribution in [2.24, 2.45) is 5.41 Å². The third-order valence-corrected chi connectivity index (χ3v) is 3.64. The maximum absolute atomic E-state index is 11.9. The number of hydroxylamine groups is 4. The molecule has 2 rings (SSSR count). The molecule has 2 aliphatic heterocycles. The summed E-state index contributed by atoms with van der Waals surface area (Å²) in [5.41, 5.74) is -0.939. The minimum Gasteiger partial charge on any atom is -0.330 e. The third kappa shape index (κ3) is 4.61. The average molecular weight is 354 g/mol. The number of carbonyl (C=O) groups is 6. The zero-order chi connectivity index (χ0) is 18.8. The van der Waals surface area contributed by atoms with Crippen molar-refractivity contribution in [2.45, 2.75) is 52.4 Å². The van der Waals surface area contributed by atoms with E-state index in [0.29, 0.717) is 10.1 Å². The van der Waals surface area contributed by atoms with Gasteiger partial charge in [0.1, 0.15) is 0 Å². The first-order valence-electron chi connectivity index (χ1n) is 7.72. The Hall–Kier alpha value is -2.78. The van der Waals surface area contributed by atoms with Crippen LogP contribution in [0.1, 0.15) is 52.4 Å². The van der Waals surface area contributed by atoms with Crippen molar-refractivity contribution in [1.29, 1.82) is 0 Å². The van der Waals surface area contributed by atoms with Gasteiger partial charge in [-0.05, 0) is 5.41 Å². The maximum Gasteiger partial charge on any atom is 0.333 e. The molecule has 25 heavy (non-hydrogen) atoms. The van der Waals surface area contributed by atoms with E-state index in [2.05, 4.69) is 0 Å². The van der Waals surface area contributed by atoms with Gasteiger partial charge in [0.25, 0.3) is 23.6 Å². The molecule has 136 valence electrons. The number of amides is 4. The Kier molecular flexibility index (Phi) is 5.19. The predicted octanol–water partition coefficient (Wildman–Crippen LogP) is 0.00720. The van der Waals surface area contributed by atoms with Crippen LogP contribution in [0, 0.1) is 5.41 Å². The summed E-state index contributed by atoms with van der Waals surface area (Å²) in [6.07, 6.45) is -0.610. The van der Waals surface area contributed by atoms with E-state index < -0.39 is 41.0 Å². The summed E-state index contributed by atoms with van der Waals surface area (Å²) in [5.74, 6) is -4.09. The highest BCUT2D eigenvalue weighted by Crippen LogP contribution is 2.27. The lowest BCUT2D eigenvalue weighted by Crippen LogP contribution is -2.36. The summed E-state index contributed by atoms with van der Waals surface area (Å²) in [6.45, 7) is 3.13. The van der Waals surface area contributed by atoms with Gasteiger partial charge in [-0.2, -0.15) is 0 Å². The Morgan fingerprint density at radius 2 is 1.04 bits per heavy atom. The number of hydrogen-bond donors (Lipinski definition) is 0. The zero-order valence-electron chi connectivity index (χ0n) is 13.9. The Morgan fingerprint density at radius 3 is 1.32 bits per heavy atom. The van der Waals surface area contributed by atoms with Gasteiger partial charge in [0.05, 0.1) is 12.8 Å². The monoisotopic (exact) mass is 354 g/mol. The van der Waals surface area contributed by atoms with E-state index in [4.69, 9.17) is 9.68 Å². The van der Waals surface area contributed by atoms with Crippen molar-refractivity contribution in [3.05, 3.63) is 0 Å². The second-order valence-electron chi connectivity index (χ2n) is 6.61. The minimum absolute atomic E-state index is 0.0142. The van der Waals surface area contributed by atoms with Crippen LogP contribution in [0.5, 0.6) is 0 Å². The first kappa shape index (κ1) is 18.6. The first-order valence-corrected chi connectivity index (χ1v) is 7.72. The molecule has 0 radical (unpaired) electrons. The van der Waals surface area contributed by atoms with Crippen LogP contribution < -0.4 is 0 Å². The van der Waals surface area contributed by atoms with Crippen LogP contribution in [0.25, 0.3) is 0 Å². The summed E-state index contributed by atoms with van der Waals surface area (Å²) < 4.78 is 0. The van der Waals surface area contributed by atoms with Crippen LogP contribution in [0.15, 0.2) is 0 Å². The second-order valence-corrected chi connectivity index (χ2v) is 6.61. The molecule has 0 aromatic heterocycles. The van der Waals surface area contributed by atoms with Crippen molar-refractivity contribution in [2.75, 3.05) is 0 Å². The van der Waals surface area contributed by atoms with Gasteiger partial charge >= 0.3 is 11.9 Å². The number of nitrogens with zero attached hydrogens (tertiary/aromatic N) is 2. The van der Waals surface area contributed by atoms with Crippen LogP contribution in [0.4, 0.5) is 0 Å². The van der Waals surface area contributed by atoms with Gasteiger partial charge in [-0.1, -0.05) is 13.8 Å². The average Bonchev–Trinajstić information content (AvgIpc) is 2.96. The molecule has 0 aromatic carbocycles. The smallest absolute Gasteiger partial charge is 0.330 e. The van der Waals surface area contributed by atoms with Crippen molar-refractivity contribution >= 4 is 35.6 Å². The Morgan fingerprint density at radius 1 is 0.760 bits per heavy atom. The maximum atomic E-state index is 11.9. The van der Waals surface area contributed by atoms with Gasteiger partial charge in [0, 0.05) is 25.7 Å². The number of imide groups is 2. The van der Waals surface area contributed by atoms with Crippen LogP contribution >= 0.6 is 0 Å². The van der Waals surface area contributed by atoms with Crippen LogP contribution in [0.2, 0.25) is 0 Å². The van der Waals surface area contributed by atoms with E-state index >= 15 is 0 Å². The molecule has 2 heterocycles. The largest absolute Gasteiger partial charge is 0.333 e. The number of hydrogen-bond acceptors (Lipinski definition) is 8. The zero-order valence-corrected chi connectivity index (χ0v) is 13.9. The molecule has 10 heteroatoms. The van der Waals surface area contributed by atoms with E-state index in [1.807, 2.05) is 0 Å². The SMILES string of the molecule is CC(C)(CC(=O)ON1C(=O)CCC1=O)CC(=O)ON1C(=O)CCC1=O. The third-order valence-electron chi connectivity index (χ3n) is 3.64. The van der Waals surface area contributed by atoms with Gasteiger partial charge in [0.2, 0.25) is 0 Å². The molecule has 0 atom stereocenters. The second kappa shape index (κ2) is 6.99. The van der Waals surface area contributed by atoms with E-state index in [1.165, 1.54) is 0 Å². The first-order chi connectivity index (χ1) is 11.6. The molecular weight excluding hydrogens is 336 g/mol. The number of carbonyl (C=O) groups excluding carboxylic acids is 6. The van der Waals surface area contributed by atoms with E-state index in [0.717, 1.165) is 0 Å². The summed E-state index contributed by atoms with van der Waals surface area (Å²) >= 11 is 0. The molecule has 0 unspecified atom stereocenters. The highest BCUT2D eigenvalue weighted by atomic mass is 16.7. The lowest BCUT2D eigenvalue weighted by molar-refractivity contribution is -0.202. The standard InChI is InChI=1S/C15H18N2O8/c1-15(2,7-13(22)24-16-9(18)3-4-10(16)19)8-14(23)25-17-11(20)5-6-12(17)21/h3-8H2,1-2H3. The lowest BCUT2D eigenvalue weighted by Gasteiger charge is -2.24. The molecule has 0 aliphatic carbocycles. The quantitative estimate of drug-likeness (QED) is 0.610. The predicted molar refractivity (Wildman–Crippen MR) is 77.4 cm³/mol. The number of rotatable bonds is 6. The highest BCUT2D eigenvalue weighted by molar-refractivity contribution is 6.02. The van der Waals surface area contributed by atoms with E-state index in [9.17, 15) is 28.8 Å². The molecule has 4 amide bonds. The molecule has 2 saturated heterocycles. The molecule has 0 spiro atoms. The van der Waals surface area contributed by atoms with E-state index in [-0.39, 0.29) is 38.5 Å². The summed E-state index contributed by atoms with van der Waals surface area (Å²) in [6, 6.07) is 0. The molecule has 0 bridgehead atoms. The lowest BCUT2D eigenvalue weighted by atomic mass is 9.86. The molecule has 10 nitrogen and oxygen atoms in total. The minimum atomic E-state index is -0.939. The molecule has 0 saturated carbocycles. The van der Waals surface area contributed by atoms with Crippen LogP contribution in [-0.4, -0.2) is 45.7 Å².